The van der Waals surface area contributed by atoms with Crippen molar-refractivity contribution in [2.75, 3.05) is 20.5 Å². The van der Waals surface area contributed by atoms with Crippen molar-refractivity contribution in [2.24, 2.45) is 0 Å². The molecule has 6 nitrogen and oxygen atoms in total. The third-order valence-electron chi connectivity index (χ3n) is 2.39. The Morgan fingerprint density at radius 3 is 2.35 bits per heavy atom. The molecular formula is C13H17NO5S. The van der Waals surface area contributed by atoms with Gasteiger partial charge in [0.2, 0.25) is 10.0 Å². The lowest BCUT2D eigenvalue weighted by atomic mass is 10.1. The molecule has 0 saturated heterocycles. The van der Waals surface area contributed by atoms with E-state index in [4.69, 9.17) is 9.47 Å². The van der Waals surface area contributed by atoms with Crippen LogP contribution >= 0.6 is 0 Å². The topological polar surface area (TPSA) is 81.7 Å². The Kier molecular flexibility index (Phi) is 5.15. The standard InChI is InChI=1S/C13H17NO5S/c1-5-6-9-7-10(13(15)14-20(4,16)17)8-11(18-2)12(9)19-3/h5-8H,1-4H3,(H,14,15)/b6-5+. The van der Waals surface area contributed by atoms with Gasteiger partial charge in [0.1, 0.15) is 0 Å². The summed E-state index contributed by atoms with van der Waals surface area (Å²) in [6, 6.07) is 2.95. The van der Waals surface area contributed by atoms with Gasteiger partial charge in [-0.15, -0.1) is 0 Å². The molecule has 20 heavy (non-hydrogen) atoms. The average Bonchev–Trinajstić information content (AvgIpc) is 2.36. The molecule has 0 aromatic heterocycles. The highest BCUT2D eigenvalue weighted by atomic mass is 32.2. The first-order valence-electron chi connectivity index (χ1n) is 5.73. The highest BCUT2D eigenvalue weighted by molar-refractivity contribution is 7.89. The van der Waals surface area contributed by atoms with E-state index in [0.717, 1.165) is 6.26 Å². The third-order valence-corrected chi connectivity index (χ3v) is 2.95. The van der Waals surface area contributed by atoms with Crippen molar-refractivity contribution in [3.05, 3.63) is 29.3 Å². The summed E-state index contributed by atoms with van der Waals surface area (Å²) in [4.78, 5) is 11.9. The quantitative estimate of drug-likeness (QED) is 0.889. The number of carbonyl (C=O) groups is 1. The minimum Gasteiger partial charge on any atom is -0.493 e. The molecule has 1 amide bonds. The van der Waals surface area contributed by atoms with Gasteiger partial charge in [0.15, 0.2) is 11.5 Å². The first kappa shape index (κ1) is 16.0. The van der Waals surface area contributed by atoms with Crippen LogP contribution in [0.3, 0.4) is 0 Å². The first-order valence-corrected chi connectivity index (χ1v) is 7.62. The summed E-state index contributed by atoms with van der Waals surface area (Å²) in [5.74, 6) is 0.0995. The zero-order chi connectivity index (χ0) is 15.3. The fourth-order valence-corrected chi connectivity index (χ4v) is 2.11. The van der Waals surface area contributed by atoms with Crippen molar-refractivity contribution in [1.29, 1.82) is 0 Å². The molecule has 0 fully saturated rings. The minimum absolute atomic E-state index is 0.168. The lowest BCUT2D eigenvalue weighted by Gasteiger charge is -2.13. The molecule has 0 saturated carbocycles. The predicted octanol–water partition coefficient (Wildman–Crippen LogP) is 1.43. The number of amides is 1. The maximum atomic E-state index is 11.9. The van der Waals surface area contributed by atoms with Gasteiger partial charge in [-0.2, -0.15) is 0 Å². The molecule has 0 aliphatic rings. The molecule has 1 N–H and O–H groups in total. The van der Waals surface area contributed by atoms with E-state index in [1.54, 1.807) is 12.2 Å². The van der Waals surface area contributed by atoms with Crippen LogP contribution in [0, 0.1) is 0 Å². The van der Waals surface area contributed by atoms with Crippen molar-refractivity contribution < 1.29 is 22.7 Å². The molecule has 0 spiro atoms. The molecule has 7 heteroatoms. The Morgan fingerprint density at radius 1 is 1.25 bits per heavy atom. The fraction of sp³-hybridized carbons (Fsp3) is 0.308. The number of sulfonamides is 1. The molecule has 0 unspecified atom stereocenters. The van der Waals surface area contributed by atoms with Crippen molar-refractivity contribution in [1.82, 2.24) is 4.72 Å². The zero-order valence-corrected chi connectivity index (χ0v) is 12.6. The summed E-state index contributed by atoms with van der Waals surface area (Å²) in [5.41, 5.74) is 0.786. The van der Waals surface area contributed by atoms with E-state index >= 15 is 0 Å². The Labute approximate surface area is 118 Å². The summed E-state index contributed by atoms with van der Waals surface area (Å²) in [6.45, 7) is 1.81. The second-order valence-corrected chi connectivity index (χ2v) is 5.75. The number of methoxy groups -OCH3 is 2. The van der Waals surface area contributed by atoms with Crippen LogP contribution < -0.4 is 14.2 Å². The van der Waals surface area contributed by atoms with Gasteiger partial charge in [0.25, 0.3) is 5.91 Å². The lowest BCUT2D eigenvalue weighted by Crippen LogP contribution is -2.29. The molecule has 1 aromatic rings. The van der Waals surface area contributed by atoms with Crippen molar-refractivity contribution >= 4 is 22.0 Å². The van der Waals surface area contributed by atoms with Crippen molar-refractivity contribution in [3.63, 3.8) is 0 Å². The number of nitrogens with one attached hydrogen (secondary N) is 1. The van der Waals surface area contributed by atoms with Gasteiger partial charge in [-0.3, -0.25) is 4.79 Å². The van der Waals surface area contributed by atoms with E-state index in [9.17, 15) is 13.2 Å². The summed E-state index contributed by atoms with van der Waals surface area (Å²) >= 11 is 0. The predicted molar refractivity (Wildman–Crippen MR) is 76.6 cm³/mol. The summed E-state index contributed by atoms with van der Waals surface area (Å²) in [7, 11) is -0.694. The van der Waals surface area contributed by atoms with Crippen LogP contribution in [0.4, 0.5) is 0 Å². The molecule has 0 aliphatic carbocycles. The molecule has 1 aromatic carbocycles. The van der Waals surface area contributed by atoms with Crippen molar-refractivity contribution in [2.45, 2.75) is 6.92 Å². The van der Waals surface area contributed by atoms with Gasteiger partial charge in [-0.05, 0) is 19.1 Å². The monoisotopic (exact) mass is 299 g/mol. The number of hydrogen-bond acceptors (Lipinski definition) is 5. The van der Waals surface area contributed by atoms with E-state index in [1.807, 2.05) is 11.6 Å². The SMILES string of the molecule is C/C=C/c1cc(C(=O)NS(C)(=O)=O)cc(OC)c1OC. The lowest BCUT2D eigenvalue weighted by molar-refractivity contribution is 0.0981. The molecule has 0 aliphatic heterocycles. The van der Waals surface area contributed by atoms with Crippen molar-refractivity contribution in [3.8, 4) is 11.5 Å². The van der Waals surface area contributed by atoms with Gasteiger partial charge in [0, 0.05) is 11.1 Å². The number of rotatable bonds is 5. The van der Waals surface area contributed by atoms with E-state index in [1.165, 1.54) is 26.4 Å². The van der Waals surface area contributed by atoms with Gasteiger partial charge in [-0.1, -0.05) is 12.2 Å². The summed E-state index contributed by atoms with van der Waals surface area (Å²) in [6.07, 6.45) is 4.42. The zero-order valence-electron chi connectivity index (χ0n) is 11.8. The molecule has 110 valence electrons. The second-order valence-electron chi connectivity index (χ2n) is 4.00. The normalized spacial score (nSPS) is 11.4. The Hall–Kier alpha value is -2.02. The van der Waals surface area contributed by atoms with Gasteiger partial charge >= 0.3 is 0 Å². The summed E-state index contributed by atoms with van der Waals surface area (Å²) < 4.78 is 34.5. The van der Waals surface area contributed by atoms with Gasteiger partial charge in [-0.25, -0.2) is 13.1 Å². The van der Waals surface area contributed by atoms with E-state index in [2.05, 4.69) is 0 Å². The number of benzene rings is 1. The van der Waals surface area contributed by atoms with Crippen LogP contribution in [-0.2, 0) is 10.0 Å². The largest absolute Gasteiger partial charge is 0.493 e. The van der Waals surface area contributed by atoms with Gasteiger partial charge in [0.05, 0.1) is 20.5 Å². The highest BCUT2D eigenvalue weighted by Crippen LogP contribution is 2.33. The van der Waals surface area contributed by atoms with E-state index < -0.39 is 15.9 Å². The molecule has 0 radical (unpaired) electrons. The van der Waals surface area contributed by atoms with Crippen LogP contribution in [0.2, 0.25) is 0 Å². The Bertz CT molecular complexity index is 634. The van der Waals surface area contributed by atoms with E-state index in [-0.39, 0.29) is 5.56 Å². The summed E-state index contributed by atoms with van der Waals surface area (Å²) in [5, 5.41) is 0. The number of hydrogen-bond donors (Lipinski definition) is 1. The molecular weight excluding hydrogens is 282 g/mol. The maximum absolute atomic E-state index is 11.9. The average molecular weight is 299 g/mol. The maximum Gasteiger partial charge on any atom is 0.264 e. The number of carbonyl (C=O) groups excluding carboxylic acids is 1. The van der Waals surface area contributed by atoms with Gasteiger partial charge < -0.3 is 9.47 Å². The molecule has 1 rings (SSSR count). The highest BCUT2D eigenvalue weighted by Gasteiger charge is 2.17. The number of ether oxygens (including phenoxy) is 2. The molecule has 0 heterocycles. The number of allylic oxidation sites excluding steroid dienone is 1. The van der Waals surface area contributed by atoms with Crippen LogP contribution in [-0.4, -0.2) is 34.8 Å². The van der Waals surface area contributed by atoms with Crippen LogP contribution in [0.5, 0.6) is 11.5 Å². The third kappa shape index (κ3) is 3.99. The Morgan fingerprint density at radius 2 is 1.90 bits per heavy atom. The fourth-order valence-electron chi connectivity index (χ4n) is 1.66. The minimum atomic E-state index is -3.62. The van der Waals surface area contributed by atoms with Crippen LogP contribution in [0.25, 0.3) is 6.08 Å². The molecule has 0 atom stereocenters. The smallest absolute Gasteiger partial charge is 0.264 e. The van der Waals surface area contributed by atoms with Crippen LogP contribution in [0.1, 0.15) is 22.8 Å². The van der Waals surface area contributed by atoms with Crippen LogP contribution in [0.15, 0.2) is 18.2 Å². The molecule has 0 bridgehead atoms. The second kappa shape index (κ2) is 6.42. The van der Waals surface area contributed by atoms with E-state index in [0.29, 0.717) is 17.1 Å². The Balaban J connectivity index is 3.35. The first-order chi connectivity index (χ1) is 9.32.